The minimum Gasteiger partial charge on any atom is -0.382 e. The van der Waals surface area contributed by atoms with Crippen molar-refractivity contribution in [2.45, 2.75) is 31.8 Å². The Kier molecular flexibility index (Phi) is 4.19. The second-order valence-corrected chi connectivity index (χ2v) is 5.59. The molecule has 2 nitrogen and oxygen atoms in total. The Bertz CT molecular complexity index is 328. The molecule has 17 heavy (non-hydrogen) atoms. The van der Waals surface area contributed by atoms with Gasteiger partial charge in [0.15, 0.2) is 0 Å². The maximum Gasteiger partial charge on any atom is 0.128 e. The predicted octanol–water partition coefficient (Wildman–Crippen LogP) is 2.74. The topological polar surface area (TPSA) is 20.2 Å². The van der Waals surface area contributed by atoms with Gasteiger partial charge in [-0.15, -0.1) is 0 Å². The van der Waals surface area contributed by atoms with E-state index in [1.807, 2.05) is 30.3 Å². The summed E-state index contributed by atoms with van der Waals surface area (Å²) in [5.41, 5.74) is 1.05. The fourth-order valence-corrected chi connectivity index (χ4v) is 2.83. The zero-order valence-electron chi connectivity index (χ0n) is 10.8. The predicted molar refractivity (Wildman–Crippen MR) is 70.7 cm³/mol. The number of hydrogen-bond acceptors (Lipinski definition) is 1. The Morgan fingerprint density at radius 1 is 1.06 bits per heavy atom. The zero-order valence-corrected chi connectivity index (χ0v) is 10.8. The molecule has 1 aliphatic heterocycles. The molecule has 0 aromatic heterocycles. The highest BCUT2D eigenvalue weighted by atomic mass is 16.3. The monoisotopic (exact) mass is 234 g/mol. The van der Waals surface area contributed by atoms with Crippen LogP contribution < -0.4 is 0 Å². The van der Waals surface area contributed by atoms with Crippen LogP contribution >= 0.6 is 0 Å². The number of aliphatic hydroxyl groups excluding tert-OH is 1. The number of nitrogens with zero attached hydrogens (tertiary/aromatic N) is 1. The molecule has 0 unspecified atom stereocenters. The summed E-state index contributed by atoms with van der Waals surface area (Å²) in [5, 5.41) is 10.3. The first-order valence-electron chi connectivity index (χ1n) is 6.76. The summed E-state index contributed by atoms with van der Waals surface area (Å²) in [6.07, 6.45) is 5.00. The molecule has 0 amide bonds. The van der Waals surface area contributed by atoms with Gasteiger partial charge in [0.25, 0.3) is 0 Å². The fraction of sp³-hybridized carbons (Fsp3) is 0.600. The van der Waals surface area contributed by atoms with Crippen molar-refractivity contribution in [1.29, 1.82) is 0 Å². The van der Waals surface area contributed by atoms with E-state index in [1.54, 1.807) is 0 Å². The highest BCUT2D eigenvalue weighted by Crippen LogP contribution is 2.21. The molecule has 0 spiro atoms. The van der Waals surface area contributed by atoms with Crippen molar-refractivity contribution in [2.24, 2.45) is 0 Å². The zero-order chi connectivity index (χ0) is 12.1. The first-order valence-corrected chi connectivity index (χ1v) is 6.76. The molecule has 1 aliphatic rings. The largest absolute Gasteiger partial charge is 0.382 e. The first kappa shape index (κ1) is 12.6. The quantitative estimate of drug-likeness (QED) is 0.797. The van der Waals surface area contributed by atoms with Crippen LogP contribution in [0.1, 0.15) is 37.4 Å². The summed E-state index contributed by atoms with van der Waals surface area (Å²) < 4.78 is 1.02. The van der Waals surface area contributed by atoms with Crippen LogP contribution in [-0.2, 0) is 0 Å². The molecule has 94 valence electrons. The van der Waals surface area contributed by atoms with Crippen molar-refractivity contribution in [2.75, 3.05) is 26.7 Å². The molecule has 0 saturated carbocycles. The number of likely N-dealkylation sites (tertiary alicyclic amines) is 1. The lowest BCUT2D eigenvalue weighted by atomic mass is 10.1. The summed E-state index contributed by atoms with van der Waals surface area (Å²) in [4.78, 5) is 0. The van der Waals surface area contributed by atoms with Crippen LogP contribution in [0.25, 0.3) is 0 Å². The standard InChI is InChI=1S/C15H24NO/c1-16(11-7-2-3-8-12-16)13-15(17)14-9-5-4-6-10-14/h4-6,9-10,15,17H,2-3,7-8,11-13H2,1H3/q+1/t15-/m1/s1. The van der Waals surface area contributed by atoms with Crippen molar-refractivity contribution < 1.29 is 9.59 Å². The van der Waals surface area contributed by atoms with Crippen LogP contribution in [0, 0.1) is 0 Å². The summed E-state index contributed by atoms with van der Waals surface area (Å²) in [6.45, 7) is 3.28. The molecule has 2 rings (SSSR count). The molecule has 2 heteroatoms. The Morgan fingerprint density at radius 3 is 2.24 bits per heavy atom. The second kappa shape index (κ2) is 5.65. The third-order valence-electron chi connectivity index (χ3n) is 3.94. The smallest absolute Gasteiger partial charge is 0.128 e. The van der Waals surface area contributed by atoms with Crippen molar-refractivity contribution in [3.63, 3.8) is 0 Å². The van der Waals surface area contributed by atoms with E-state index in [0.29, 0.717) is 0 Å². The van der Waals surface area contributed by atoms with Gasteiger partial charge in [-0.05, 0) is 31.2 Å². The normalized spacial score (nSPS) is 21.8. The van der Waals surface area contributed by atoms with Crippen LogP contribution in [-0.4, -0.2) is 36.3 Å². The van der Waals surface area contributed by atoms with Crippen LogP contribution in [0.3, 0.4) is 0 Å². The molecule has 1 aromatic rings. The Labute approximate surface area is 104 Å². The van der Waals surface area contributed by atoms with Crippen LogP contribution in [0.2, 0.25) is 0 Å². The van der Waals surface area contributed by atoms with Crippen LogP contribution in [0.5, 0.6) is 0 Å². The first-order chi connectivity index (χ1) is 8.20. The highest BCUT2D eigenvalue weighted by Gasteiger charge is 2.27. The fourth-order valence-electron chi connectivity index (χ4n) is 2.83. The number of rotatable bonds is 3. The highest BCUT2D eigenvalue weighted by molar-refractivity contribution is 5.17. The van der Waals surface area contributed by atoms with E-state index in [9.17, 15) is 5.11 Å². The van der Waals surface area contributed by atoms with Crippen molar-refractivity contribution in [3.05, 3.63) is 35.9 Å². The maximum absolute atomic E-state index is 10.3. The lowest BCUT2D eigenvalue weighted by molar-refractivity contribution is -0.912. The molecule has 0 bridgehead atoms. The maximum atomic E-state index is 10.3. The summed E-state index contributed by atoms with van der Waals surface area (Å²) >= 11 is 0. The third-order valence-corrected chi connectivity index (χ3v) is 3.94. The Hall–Kier alpha value is -0.860. The van der Waals surface area contributed by atoms with Crippen molar-refractivity contribution in [3.8, 4) is 0 Å². The SMILES string of the molecule is C[N+]1(C[C@@H](O)c2ccccc2)CCCCCC1. The van der Waals surface area contributed by atoms with Gasteiger partial charge in [-0.25, -0.2) is 0 Å². The van der Waals surface area contributed by atoms with Crippen LogP contribution in [0.15, 0.2) is 30.3 Å². The Morgan fingerprint density at radius 2 is 1.65 bits per heavy atom. The van der Waals surface area contributed by atoms with Gasteiger partial charge in [-0.1, -0.05) is 30.3 Å². The molecule has 0 aliphatic carbocycles. The van der Waals surface area contributed by atoms with Crippen molar-refractivity contribution in [1.82, 2.24) is 0 Å². The Balaban J connectivity index is 1.99. The lowest BCUT2D eigenvalue weighted by Gasteiger charge is -2.35. The molecular formula is C15H24NO+. The van der Waals surface area contributed by atoms with E-state index in [2.05, 4.69) is 7.05 Å². The van der Waals surface area contributed by atoms with Gasteiger partial charge in [0.1, 0.15) is 12.6 Å². The van der Waals surface area contributed by atoms with Gasteiger partial charge in [0.05, 0.1) is 20.1 Å². The summed E-state index contributed by atoms with van der Waals surface area (Å²) in [6, 6.07) is 10.0. The molecule has 1 saturated heterocycles. The number of hydrogen-bond donors (Lipinski definition) is 1. The van der Waals surface area contributed by atoms with E-state index in [-0.39, 0.29) is 6.10 Å². The number of likely N-dealkylation sites (N-methyl/N-ethyl adjacent to an activating group) is 1. The molecular weight excluding hydrogens is 210 g/mol. The second-order valence-electron chi connectivity index (χ2n) is 5.59. The minimum absolute atomic E-state index is 0.320. The number of benzene rings is 1. The van der Waals surface area contributed by atoms with Gasteiger partial charge in [0, 0.05) is 0 Å². The van der Waals surface area contributed by atoms with E-state index < -0.39 is 0 Å². The van der Waals surface area contributed by atoms with Gasteiger partial charge in [-0.2, -0.15) is 0 Å². The van der Waals surface area contributed by atoms with Gasteiger partial charge in [0.2, 0.25) is 0 Å². The van der Waals surface area contributed by atoms with E-state index in [0.717, 1.165) is 16.6 Å². The van der Waals surface area contributed by atoms with Crippen LogP contribution in [0.4, 0.5) is 0 Å². The number of aliphatic hydroxyl groups is 1. The van der Waals surface area contributed by atoms with Gasteiger partial charge < -0.3 is 9.59 Å². The van der Waals surface area contributed by atoms with E-state index in [4.69, 9.17) is 0 Å². The molecule has 1 fully saturated rings. The molecule has 0 radical (unpaired) electrons. The third kappa shape index (κ3) is 3.55. The molecule has 1 atom stereocenters. The molecule has 1 N–H and O–H groups in total. The van der Waals surface area contributed by atoms with Crippen molar-refractivity contribution >= 4 is 0 Å². The van der Waals surface area contributed by atoms with Gasteiger partial charge in [-0.3, -0.25) is 0 Å². The minimum atomic E-state index is -0.320. The van der Waals surface area contributed by atoms with E-state index in [1.165, 1.54) is 38.8 Å². The van der Waals surface area contributed by atoms with E-state index >= 15 is 0 Å². The molecule has 1 aromatic carbocycles. The average molecular weight is 234 g/mol. The van der Waals surface area contributed by atoms with Gasteiger partial charge >= 0.3 is 0 Å². The summed E-state index contributed by atoms with van der Waals surface area (Å²) in [7, 11) is 2.29. The molecule has 1 heterocycles. The summed E-state index contributed by atoms with van der Waals surface area (Å²) in [5.74, 6) is 0. The average Bonchev–Trinajstić information content (AvgIpc) is 2.55. The lowest BCUT2D eigenvalue weighted by Crippen LogP contribution is -2.47. The number of quaternary nitrogens is 1.